The standard InChI is InChI=1S/C15H22N4O2/c1-3-4-5-10(9-20)17-14-12-8-11(21-2)6-7-13(12)18-15(16)19-14/h6-8,10,20H,3-5,9H2,1-2H3,(H3,16,17,18,19)/t10-/m0/s1. The number of benzene rings is 1. The first-order valence-corrected chi connectivity index (χ1v) is 7.16. The van der Waals surface area contributed by atoms with E-state index in [1.165, 1.54) is 0 Å². The third-order valence-electron chi connectivity index (χ3n) is 3.39. The molecule has 0 aliphatic rings. The molecule has 0 radical (unpaired) electrons. The Morgan fingerprint density at radius 2 is 2.19 bits per heavy atom. The predicted molar refractivity (Wildman–Crippen MR) is 84.5 cm³/mol. The number of nitrogens with one attached hydrogen (secondary N) is 1. The Kier molecular flexibility index (Phi) is 5.16. The number of nitrogens with two attached hydrogens (primary N) is 1. The summed E-state index contributed by atoms with van der Waals surface area (Å²) in [4.78, 5) is 8.48. The second kappa shape index (κ2) is 7.08. The lowest BCUT2D eigenvalue weighted by Crippen LogP contribution is -2.24. The Labute approximate surface area is 124 Å². The van der Waals surface area contributed by atoms with Crippen LogP contribution in [0.2, 0.25) is 0 Å². The molecule has 0 aliphatic heterocycles. The third kappa shape index (κ3) is 3.72. The molecule has 0 amide bonds. The van der Waals surface area contributed by atoms with Gasteiger partial charge in [0, 0.05) is 5.39 Å². The molecule has 1 aromatic carbocycles. The monoisotopic (exact) mass is 290 g/mol. The molecule has 2 aromatic rings. The summed E-state index contributed by atoms with van der Waals surface area (Å²) < 4.78 is 5.24. The van der Waals surface area contributed by atoms with E-state index in [0.29, 0.717) is 5.82 Å². The second-order valence-corrected chi connectivity index (χ2v) is 4.98. The SMILES string of the molecule is CCCC[C@@H](CO)Nc1nc(N)nc2ccc(OC)cc12. The van der Waals surface area contributed by atoms with Crippen molar-refractivity contribution in [3.8, 4) is 5.75 Å². The van der Waals surface area contributed by atoms with Crippen molar-refractivity contribution in [3.63, 3.8) is 0 Å². The molecule has 6 heteroatoms. The van der Waals surface area contributed by atoms with Gasteiger partial charge in [0.2, 0.25) is 5.95 Å². The minimum atomic E-state index is -0.0475. The molecule has 6 nitrogen and oxygen atoms in total. The highest BCUT2D eigenvalue weighted by molar-refractivity contribution is 5.91. The summed E-state index contributed by atoms with van der Waals surface area (Å²) >= 11 is 0. The topological polar surface area (TPSA) is 93.3 Å². The highest BCUT2D eigenvalue weighted by Gasteiger charge is 2.12. The summed E-state index contributed by atoms with van der Waals surface area (Å²) in [5.74, 6) is 1.57. The van der Waals surface area contributed by atoms with Crippen LogP contribution < -0.4 is 15.8 Å². The minimum Gasteiger partial charge on any atom is -0.497 e. The van der Waals surface area contributed by atoms with E-state index in [-0.39, 0.29) is 18.6 Å². The van der Waals surface area contributed by atoms with Gasteiger partial charge in [-0.15, -0.1) is 0 Å². The van der Waals surface area contributed by atoms with Crippen molar-refractivity contribution in [2.45, 2.75) is 32.2 Å². The molecule has 0 spiro atoms. The van der Waals surface area contributed by atoms with E-state index in [1.54, 1.807) is 7.11 Å². The van der Waals surface area contributed by atoms with Gasteiger partial charge in [-0.1, -0.05) is 19.8 Å². The Morgan fingerprint density at radius 1 is 1.38 bits per heavy atom. The fourth-order valence-electron chi connectivity index (χ4n) is 2.22. The van der Waals surface area contributed by atoms with Gasteiger partial charge in [-0.3, -0.25) is 0 Å². The van der Waals surface area contributed by atoms with E-state index >= 15 is 0 Å². The number of unbranched alkanes of at least 4 members (excludes halogenated alkanes) is 1. The van der Waals surface area contributed by atoms with Crippen LogP contribution in [0.25, 0.3) is 10.9 Å². The number of rotatable bonds is 7. The number of hydrogen-bond donors (Lipinski definition) is 3. The number of nitrogen functional groups attached to an aromatic ring is 1. The summed E-state index contributed by atoms with van der Waals surface area (Å²) in [6.07, 6.45) is 3.00. The fraction of sp³-hybridized carbons (Fsp3) is 0.467. The second-order valence-electron chi connectivity index (χ2n) is 4.98. The molecule has 0 fully saturated rings. The average Bonchev–Trinajstić information content (AvgIpc) is 2.50. The van der Waals surface area contributed by atoms with Gasteiger partial charge >= 0.3 is 0 Å². The molecule has 1 aromatic heterocycles. The summed E-state index contributed by atoms with van der Waals surface area (Å²) in [6.45, 7) is 2.17. The zero-order valence-electron chi connectivity index (χ0n) is 12.5. The van der Waals surface area contributed by atoms with Gasteiger partial charge in [-0.2, -0.15) is 4.98 Å². The highest BCUT2D eigenvalue weighted by Crippen LogP contribution is 2.26. The van der Waals surface area contributed by atoms with Crippen molar-refractivity contribution in [2.24, 2.45) is 0 Å². The van der Waals surface area contributed by atoms with Crippen LogP contribution in [0.4, 0.5) is 11.8 Å². The molecule has 1 atom stereocenters. The smallest absolute Gasteiger partial charge is 0.222 e. The molecule has 1 heterocycles. The van der Waals surface area contributed by atoms with Crippen molar-refractivity contribution in [2.75, 3.05) is 24.8 Å². The average molecular weight is 290 g/mol. The number of aliphatic hydroxyl groups excluding tert-OH is 1. The van der Waals surface area contributed by atoms with Crippen LogP contribution in [0, 0.1) is 0 Å². The predicted octanol–water partition coefficient (Wildman–Crippen LogP) is 2.18. The van der Waals surface area contributed by atoms with Crippen molar-refractivity contribution in [3.05, 3.63) is 18.2 Å². The van der Waals surface area contributed by atoms with E-state index in [9.17, 15) is 5.11 Å². The van der Waals surface area contributed by atoms with Crippen molar-refractivity contribution < 1.29 is 9.84 Å². The number of nitrogens with zero attached hydrogens (tertiary/aromatic N) is 2. The molecule has 2 rings (SSSR count). The molecule has 114 valence electrons. The first-order valence-electron chi connectivity index (χ1n) is 7.16. The highest BCUT2D eigenvalue weighted by atomic mass is 16.5. The Morgan fingerprint density at radius 3 is 2.86 bits per heavy atom. The summed E-state index contributed by atoms with van der Waals surface area (Å²) in [5, 5.41) is 13.6. The van der Waals surface area contributed by atoms with E-state index in [0.717, 1.165) is 35.9 Å². The summed E-state index contributed by atoms with van der Waals surface area (Å²) in [6, 6.07) is 5.50. The van der Waals surface area contributed by atoms with Gasteiger partial charge < -0.3 is 20.9 Å². The first kappa shape index (κ1) is 15.3. The molecule has 4 N–H and O–H groups in total. The van der Waals surface area contributed by atoms with Crippen molar-refractivity contribution >= 4 is 22.7 Å². The van der Waals surface area contributed by atoms with Crippen molar-refractivity contribution in [1.82, 2.24) is 9.97 Å². The van der Waals surface area contributed by atoms with Crippen LogP contribution >= 0.6 is 0 Å². The van der Waals surface area contributed by atoms with Gasteiger partial charge in [-0.05, 0) is 24.6 Å². The number of hydrogen-bond acceptors (Lipinski definition) is 6. The lowest BCUT2D eigenvalue weighted by molar-refractivity contribution is 0.267. The molecular weight excluding hydrogens is 268 g/mol. The lowest BCUT2D eigenvalue weighted by atomic mass is 10.1. The molecule has 21 heavy (non-hydrogen) atoms. The van der Waals surface area contributed by atoms with Crippen LogP contribution in [0.15, 0.2) is 18.2 Å². The first-order chi connectivity index (χ1) is 10.2. The van der Waals surface area contributed by atoms with E-state index in [1.807, 2.05) is 18.2 Å². The molecule has 0 saturated heterocycles. The van der Waals surface area contributed by atoms with Gasteiger partial charge in [0.15, 0.2) is 0 Å². The summed E-state index contributed by atoms with van der Waals surface area (Å²) in [5.41, 5.74) is 6.50. The number of fused-ring (bicyclic) bond motifs is 1. The third-order valence-corrected chi connectivity index (χ3v) is 3.39. The fourth-order valence-corrected chi connectivity index (χ4v) is 2.22. The number of aliphatic hydroxyl groups is 1. The van der Waals surface area contributed by atoms with Crippen molar-refractivity contribution in [1.29, 1.82) is 0 Å². The molecular formula is C15H22N4O2. The molecule has 0 bridgehead atoms. The van der Waals surface area contributed by atoms with Crippen LogP contribution in [0.5, 0.6) is 5.75 Å². The summed E-state index contributed by atoms with van der Waals surface area (Å²) in [7, 11) is 1.62. The maximum Gasteiger partial charge on any atom is 0.222 e. The quantitative estimate of drug-likeness (QED) is 0.723. The normalized spacial score (nSPS) is 12.3. The van der Waals surface area contributed by atoms with Gasteiger partial charge in [-0.25, -0.2) is 4.98 Å². The number of anilines is 2. The maximum atomic E-state index is 9.49. The number of aromatic nitrogens is 2. The van der Waals surface area contributed by atoms with Gasteiger partial charge in [0.25, 0.3) is 0 Å². The number of ether oxygens (including phenoxy) is 1. The van der Waals surface area contributed by atoms with E-state index < -0.39 is 0 Å². The Bertz CT molecular complexity index is 603. The molecule has 0 saturated carbocycles. The zero-order chi connectivity index (χ0) is 15.2. The minimum absolute atomic E-state index is 0.0475. The van der Waals surface area contributed by atoms with Crippen LogP contribution in [0.3, 0.4) is 0 Å². The largest absolute Gasteiger partial charge is 0.497 e. The van der Waals surface area contributed by atoms with Crippen LogP contribution in [-0.4, -0.2) is 34.8 Å². The van der Waals surface area contributed by atoms with E-state index in [4.69, 9.17) is 10.5 Å². The number of methoxy groups -OCH3 is 1. The van der Waals surface area contributed by atoms with Crippen LogP contribution in [0.1, 0.15) is 26.2 Å². The van der Waals surface area contributed by atoms with E-state index in [2.05, 4.69) is 22.2 Å². The molecule has 0 aliphatic carbocycles. The van der Waals surface area contributed by atoms with Gasteiger partial charge in [0.05, 0.1) is 25.3 Å². The lowest BCUT2D eigenvalue weighted by Gasteiger charge is -2.18. The molecule has 0 unspecified atom stereocenters. The van der Waals surface area contributed by atoms with Crippen LogP contribution in [-0.2, 0) is 0 Å². The maximum absolute atomic E-state index is 9.49. The Balaban J connectivity index is 2.36. The zero-order valence-corrected chi connectivity index (χ0v) is 12.5. The Hall–Kier alpha value is -2.08. The van der Waals surface area contributed by atoms with Gasteiger partial charge in [0.1, 0.15) is 11.6 Å².